The fraction of sp³-hybridized carbons (Fsp3) is 0.692. The summed E-state index contributed by atoms with van der Waals surface area (Å²) in [6.07, 6.45) is 0.854. The van der Waals surface area contributed by atoms with E-state index in [-0.39, 0.29) is 11.7 Å². The van der Waals surface area contributed by atoms with Crippen molar-refractivity contribution in [2.45, 2.75) is 39.7 Å². The molecule has 0 bridgehead atoms. The predicted molar refractivity (Wildman–Crippen MR) is 77.7 cm³/mol. The summed E-state index contributed by atoms with van der Waals surface area (Å²) in [5.41, 5.74) is 2.37. The highest BCUT2D eigenvalue weighted by atomic mass is 127. The third-order valence-electron chi connectivity index (χ3n) is 3.48. The van der Waals surface area contributed by atoms with Gasteiger partial charge in [0.2, 0.25) is 0 Å². The summed E-state index contributed by atoms with van der Waals surface area (Å²) in [6.45, 7) is 8.02. The second-order valence-electron chi connectivity index (χ2n) is 5.13. The van der Waals surface area contributed by atoms with Crippen molar-refractivity contribution in [1.29, 1.82) is 0 Å². The van der Waals surface area contributed by atoms with Gasteiger partial charge in [0.05, 0.1) is 6.61 Å². The van der Waals surface area contributed by atoms with Gasteiger partial charge in [-0.15, -0.1) is 0 Å². The highest BCUT2D eigenvalue weighted by Gasteiger charge is 2.25. The second kappa shape index (κ2) is 5.69. The number of aromatic nitrogens is 2. The number of hydrogen-bond donors (Lipinski definition) is 0. The van der Waals surface area contributed by atoms with Gasteiger partial charge in [0, 0.05) is 23.8 Å². The first-order valence-electron chi connectivity index (χ1n) is 6.34. The Balaban J connectivity index is 2.14. The zero-order chi connectivity index (χ0) is 13.3. The Labute approximate surface area is 121 Å². The largest absolute Gasteiger partial charge is 0.381 e. The van der Waals surface area contributed by atoms with Gasteiger partial charge in [-0.25, -0.2) is 0 Å². The minimum Gasteiger partial charge on any atom is -0.381 e. The van der Waals surface area contributed by atoms with E-state index in [1.807, 2.05) is 11.6 Å². The van der Waals surface area contributed by atoms with Crippen molar-refractivity contribution in [3.05, 3.63) is 15.0 Å². The normalized spacial score (nSPS) is 19.7. The summed E-state index contributed by atoms with van der Waals surface area (Å²) >= 11 is 2.25. The Kier molecular flexibility index (Phi) is 4.42. The number of halogens is 1. The van der Waals surface area contributed by atoms with Gasteiger partial charge < -0.3 is 4.74 Å². The molecule has 1 fully saturated rings. The van der Waals surface area contributed by atoms with E-state index in [1.165, 1.54) is 5.56 Å². The number of carbonyl (C=O) groups excluding carboxylic acids is 1. The van der Waals surface area contributed by atoms with E-state index in [0.717, 1.165) is 15.8 Å². The highest BCUT2D eigenvalue weighted by molar-refractivity contribution is 14.1. The molecule has 0 aromatic carbocycles. The van der Waals surface area contributed by atoms with Crippen molar-refractivity contribution in [3.8, 4) is 0 Å². The van der Waals surface area contributed by atoms with Crippen LogP contribution in [0.2, 0.25) is 0 Å². The van der Waals surface area contributed by atoms with E-state index in [1.54, 1.807) is 0 Å². The van der Waals surface area contributed by atoms with Gasteiger partial charge in [-0.2, -0.15) is 5.10 Å². The van der Waals surface area contributed by atoms with E-state index in [2.05, 4.69) is 41.5 Å². The smallest absolute Gasteiger partial charge is 0.159 e. The molecule has 1 aromatic heterocycles. The maximum Gasteiger partial charge on any atom is 0.159 e. The van der Waals surface area contributed by atoms with Crippen LogP contribution in [0.25, 0.3) is 0 Å². The Morgan fingerprint density at radius 2 is 2.33 bits per heavy atom. The molecule has 4 nitrogen and oxygen atoms in total. The summed E-state index contributed by atoms with van der Waals surface area (Å²) in [6, 6.07) is 0. The molecule has 0 aliphatic carbocycles. The number of rotatable bonds is 4. The molecular formula is C13H19IN2O2. The Bertz CT molecular complexity index is 448. The first kappa shape index (κ1) is 14.0. The summed E-state index contributed by atoms with van der Waals surface area (Å²) < 4.78 is 8.12. The van der Waals surface area contributed by atoms with E-state index < -0.39 is 0 Å². The first-order valence-corrected chi connectivity index (χ1v) is 7.41. The van der Waals surface area contributed by atoms with Gasteiger partial charge in [-0.3, -0.25) is 9.48 Å². The molecule has 1 aromatic rings. The van der Waals surface area contributed by atoms with Crippen molar-refractivity contribution in [2.24, 2.45) is 5.92 Å². The van der Waals surface area contributed by atoms with Gasteiger partial charge in [-0.05, 0) is 41.9 Å². The van der Waals surface area contributed by atoms with E-state index in [4.69, 9.17) is 4.74 Å². The molecule has 1 aliphatic heterocycles. The fourth-order valence-corrected chi connectivity index (χ4v) is 3.67. The molecule has 1 saturated heterocycles. The number of hydrogen-bond acceptors (Lipinski definition) is 3. The van der Waals surface area contributed by atoms with Crippen LogP contribution in [0.15, 0.2) is 0 Å². The molecule has 0 N–H and O–H groups in total. The molecule has 18 heavy (non-hydrogen) atoms. The van der Waals surface area contributed by atoms with Crippen LogP contribution in [0.3, 0.4) is 0 Å². The summed E-state index contributed by atoms with van der Waals surface area (Å²) in [5, 5.41) is 4.48. The minimum atomic E-state index is 0.0637. The summed E-state index contributed by atoms with van der Waals surface area (Å²) in [5.74, 6) is 0.745. The number of Topliss-reactive ketones (excluding diaryl/α,β-unsaturated/α-hetero) is 1. The van der Waals surface area contributed by atoms with Gasteiger partial charge in [-0.1, -0.05) is 13.8 Å². The SMILES string of the molecule is Cc1c(C(C)C)c(I)nn1CC(=O)C1CCOC1. The second-order valence-corrected chi connectivity index (χ2v) is 6.15. The zero-order valence-electron chi connectivity index (χ0n) is 11.1. The fourth-order valence-electron chi connectivity index (χ4n) is 2.40. The van der Waals surface area contributed by atoms with Crippen molar-refractivity contribution < 1.29 is 9.53 Å². The average molecular weight is 362 g/mol. The van der Waals surface area contributed by atoms with Gasteiger partial charge in [0.15, 0.2) is 5.78 Å². The van der Waals surface area contributed by atoms with Crippen LogP contribution >= 0.6 is 22.6 Å². The molecule has 2 rings (SSSR count). The Hall–Kier alpha value is -0.430. The van der Waals surface area contributed by atoms with Crippen LogP contribution in [0.5, 0.6) is 0 Å². The molecule has 100 valence electrons. The van der Waals surface area contributed by atoms with Crippen molar-refractivity contribution in [2.75, 3.05) is 13.2 Å². The molecule has 1 unspecified atom stereocenters. The predicted octanol–water partition coefficient (Wildman–Crippen LogP) is 2.53. The van der Waals surface area contributed by atoms with Gasteiger partial charge in [0.1, 0.15) is 10.2 Å². The topological polar surface area (TPSA) is 44.1 Å². The molecular weight excluding hydrogens is 343 g/mol. The van der Waals surface area contributed by atoms with Gasteiger partial charge in [0.25, 0.3) is 0 Å². The monoisotopic (exact) mass is 362 g/mol. The number of ether oxygens (including phenoxy) is 1. The van der Waals surface area contributed by atoms with Crippen LogP contribution in [0, 0.1) is 16.5 Å². The average Bonchev–Trinajstić information content (AvgIpc) is 2.88. The first-order chi connectivity index (χ1) is 8.50. The number of ketones is 1. The quantitative estimate of drug-likeness (QED) is 0.774. The maximum atomic E-state index is 12.1. The van der Waals surface area contributed by atoms with E-state index in [9.17, 15) is 4.79 Å². The summed E-state index contributed by atoms with van der Waals surface area (Å²) in [4.78, 5) is 12.1. The van der Waals surface area contributed by atoms with Crippen LogP contribution in [-0.4, -0.2) is 28.8 Å². The third-order valence-corrected chi connectivity index (χ3v) is 4.27. The lowest BCUT2D eigenvalue weighted by molar-refractivity contribution is -0.123. The number of carbonyl (C=O) groups is 1. The molecule has 1 atom stereocenters. The molecule has 1 aliphatic rings. The number of nitrogens with zero attached hydrogens (tertiary/aromatic N) is 2. The zero-order valence-corrected chi connectivity index (χ0v) is 13.2. The van der Waals surface area contributed by atoms with Crippen molar-refractivity contribution in [3.63, 3.8) is 0 Å². The van der Waals surface area contributed by atoms with E-state index >= 15 is 0 Å². The van der Waals surface area contributed by atoms with Crippen molar-refractivity contribution >= 4 is 28.4 Å². The third kappa shape index (κ3) is 2.77. The Morgan fingerprint density at radius 1 is 1.61 bits per heavy atom. The van der Waals surface area contributed by atoms with Crippen molar-refractivity contribution in [1.82, 2.24) is 9.78 Å². The lowest BCUT2D eigenvalue weighted by Crippen LogP contribution is -2.21. The molecule has 0 radical (unpaired) electrons. The van der Waals surface area contributed by atoms with Gasteiger partial charge >= 0.3 is 0 Å². The Morgan fingerprint density at radius 3 is 2.83 bits per heavy atom. The minimum absolute atomic E-state index is 0.0637. The van der Waals surface area contributed by atoms with Crippen LogP contribution in [-0.2, 0) is 16.1 Å². The van der Waals surface area contributed by atoms with Crippen LogP contribution in [0.1, 0.15) is 37.4 Å². The molecule has 0 saturated carbocycles. The maximum absolute atomic E-state index is 12.1. The van der Waals surface area contributed by atoms with E-state index in [0.29, 0.717) is 25.7 Å². The van der Waals surface area contributed by atoms with Crippen LogP contribution < -0.4 is 0 Å². The molecule has 2 heterocycles. The lowest BCUT2D eigenvalue weighted by Gasteiger charge is -2.09. The lowest BCUT2D eigenvalue weighted by atomic mass is 10.0. The molecule has 5 heteroatoms. The highest BCUT2D eigenvalue weighted by Crippen LogP contribution is 2.25. The van der Waals surface area contributed by atoms with Crippen LogP contribution in [0.4, 0.5) is 0 Å². The standard InChI is InChI=1S/C13H19IN2O2/c1-8(2)12-9(3)16(15-13(12)14)6-11(17)10-4-5-18-7-10/h8,10H,4-7H2,1-3H3. The molecule has 0 spiro atoms. The molecule has 0 amide bonds. The summed E-state index contributed by atoms with van der Waals surface area (Å²) in [7, 11) is 0.